The Morgan fingerprint density at radius 1 is 1.23 bits per heavy atom. The van der Waals surface area contributed by atoms with Crippen LogP contribution >= 0.6 is 11.6 Å². The van der Waals surface area contributed by atoms with E-state index in [0.717, 1.165) is 29.4 Å². The fourth-order valence-corrected chi connectivity index (χ4v) is 5.58. The topological polar surface area (TPSA) is 82.6 Å². The molecule has 2 atom stereocenters. The molecule has 0 spiro atoms. The van der Waals surface area contributed by atoms with E-state index in [-0.39, 0.29) is 29.7 Å². The number of hydrogen-bond donors (Lipinski definition) is 1. The van der Waals surface area contributed by atoms with E-state index in [4.69, 9.17) is 11.6 Å². The van der Waals surface area contributed by atoms with E-state index in [9.17, 15) is 30.8 Å². The second kappa shape index (κ2) is 9.21. The number of benzene rings is 1. The number of nitrogens with zero attached hydrogens (tertiary/aromatic N) is 3. The molecule has 4 rings (SSSR count). The van der Waals surface area contributed by atoms with Gasteiger partial charge in [0.2, 0.25) is 15.9 Å². The first-order valence-electron chi connectivity index (χ1n) is 10.7. The molecule has 1 fully saturated rings. The lowest BCUT2D eigenvalue weighted by molar-refractivity contribution is -0.191. The van der Waals surface area contributed by atoms with Gasteiger partial charge in [-0.05, 0) is 36.1 Å². The molecule has 1 aromatic heterocycles. The summed E-state index contributed by atoms with van der Waals surface area (Å²) in [5.74, 6) is -1.79. The first kappa shape index (κ1) is 25.6. The maximum Gasteiger partial charge on any atom is 0.413 e. The molecule has 1 N–H and O–H groups in total. The highest BCUT2D eigenvalue weighted by molar-refractivity contribution is 7.88. The van der Waals surface area contributed by atoms with Crippen molar-refractivity contribution in [3.63, 3.8) is 0 Å². The summed E-state index contributed by atoms with van der Waals surface area (Å²) in [4.78, 5) is 17.3. The average molecular weight is 535 g/mol. The maximum absolute atomic E-state index is 14.2. The number of carbonyl (C=O) groups is 1. The predicted molar refractivity (Wildman–Crippen MR) is 122 cm³/mol. The molecule has 7 nitrogen and oxygen atoms in total. The second-order valence-electron chi connectivity index (χ2n) is 8.90. The number of aromatic nitrogens is 1. The molecule has 1 amide bonds. The SMILES string of the molecule is CN(C(=O)C1CN(S(C)(=O)=O)C1)[C@@H](c1ccc(NC2Cc3ccc(Cl)c(F)c3C2)nc1)C(F)(F)F. The normalized spacial score (nSPS) is 19.7. The third kappa shape index (κ3) is 5.24. The summed E-state index contributed by atoms with van der Waals surface area (Å²) in [6, 6.07) is 3.42. The van der Waals surface area contributed by atoms with Gasteiger partial charge in [0.15, 0.2) is 6.04 Å². The summed E-state index contributed by atoms with van der Waals surface area (Å²) < 4.78 is 80.0. The van der Waals surface area contributed by atoms with Crippen molar-refractivity contribution in [2.75, 3.05) is 31.7 Å². The number of carbonyl (C=O) groups excluding carboxylic acids is 1. The van der Waals surface area contributed by atoms with E-state index in [0.29, 0.717) is 29.1 Å². The van der Waals surface area contributed by atoms with E-state index in [1.54, 1.807) is 6.07 Å². The molecule has 2 aliphatic rings. The Balaban J connectivity index is 1.45. The molecule has 1 aliphatic heterocycles. The number of fused-ring (bicyclic) bond motifs is 1. The van der Waals surface area contributed by atoms with E-state index < -0.39 is 39.9 Å². The zero-order valence-corrected chi connectivity index (χ0v) is 20.4. The van der Waals surface area contributed by atoms with Crippen LogP contribution in [0.4, 0.5) is 23.4 Å². The molecule has 1 saturated heterocycles. The second-order valence-corrected chi connectivity index (χ2v) is 11.3. The minimum Gasteiger partial charge on any atom is -0.367 e. The molecule has 190 valence electrons. The zero-order valence-electron chi connectivity index (χ0n) is 18.8. The first-order chi connectivity index (χ1) is 16.3. The van der Waals surface area contributed by atoms with Gasteiger partial charge in [0, 0.05) is 37.9 Å². The van der Waals surface area contributed by atoms with Crippen molar-refractivity contribution in [1.29, 1.82) is 0 Å². The summed E-state index contributed by atoms with van der Waals surface area (Å²) in [6.45, 7) is -0.299. The van der Waals surface area contributed by atoms with Gasteiger partial charge >= 0.3 is 6.18 Å². The number of nitrogens with one attached hydrogen (secondary N) is 1. The lowest BCUT2D eigenvalue weighted by Gasteiger charge is -2.40. The third-order valence-electron chi connectivity index (χ3n) is 6.38. The number of rotatable bonds is 6. The van der Waals surface area contributed by atoms with Gasteiger partial charge in [0.05, 0.1) is 17.2 Å². The summed E-state index contributed by atoms with van der Waals surface area (Å²) in [6.07, 6.45) is -1.87. The number of halogens is 5. The molecule has 0 saturated carbocycles. The largest absolute Gasteiger partial charge is 0.413 e. The molecule has 13 heteroatoms. The molecule has 0 radical (unpaired) electrons. The summed E-state index contributed by atoms with van der Waals surface area (Å²) >= 11 is 5.83. The Hall–Kier alpha value is -2.44. The Morgan fingerprint density at radius 3 is 2.49 bits per heavy atom. The van der Waals surface area contributed by atoms with Gasteiger partial charge in [-0.15, -0.1) is 0 Å². The van der Waals surface area contributed by atoms with Crippen molar-refractivity contribution in [2.45, 2.75) is 31.1 Å². The van der Waals surface area contributed by atoms with E-state index in [2.05, 4.69) is 10.3 Å². The standard InChI is InChI=1S/C22H23ClF4N4O3S/c1-30(21(32)14-10-31(11-14)35(2,33)34)20(22(25,26)27)13-4-6-18(28-9-13)29-15-7-12-3-5-17(23)19(24)16(12)8-15/h3-6,9,14-15,20H,7-8,10-11H2,1-2H3,(H,28,29)/t15?,20-/m0/s1. The first-order valence-corrected chi connectivity index (χ1v) is 12.9. The van der Waals surface area contributed by atoms with Gasteiger partial charge in [-0.1, -0.05) is 23.7 Å². The number of sulfonamides is 1. The van der Waals surface area contributed by atoms with E-state index >= 15 is 0 Å². The maximum atomic E-state index is 14.2. The fourth-order valence-electron chi connectivity index (χ4n) is 4.50. The van der Waals surface area contributed by atoms with Crippen LogP contribution in [0.3, 0.4) is 0 Å². The van der Waals surface area contributed by atoms with Crippen LogP contribution in [0, 0.1) is 11.7 Å². The number of pyridine rings is 1. The van der Waals surface area contributed by atoms with Crippen molar-refractivity contribution in [3.8, 4) is 0 Å². The van der Waals surface area contributed by atoms with Gasteiger partial charge in [0.1, 0.15) is 11.6 Å². The number of alkyl halides is 3. The lowest BCUT2D eigenvalue weighted by Crippen LogP contribution is -2.56. The lowest BCUT2D eigenvalue weighted by atomic mass is 9.99. The number of hydrogen-bond acceptors (Lipinski definition) is 5. The van der Waals surface area contributed by atoms with Crippen LogP contribution in [0.15, 0.2) is 30.5 Å². The molecule has 2 heterocycles. The Labute approximate surface area is 205 Å². The fraction of sp³-hybridized carbons (Fsp3) is 0.455. The van der Waals surface area contributed by atoms with Gasteiger partial charge in [-0.3, -0.25) is 4.79 Å². The molecule has 1 aromatic carbocycles. The highest BCUT2D eigenvalue weighted by Gasteiger charge is 2.48. The van der Waals surface area contributed by atoms with Crippen molar-refractivity contribution in [1.82, 2.24) is 14.2 Å². The van der Waals surface area contributed by atoms with Crippen LogP contribution in [0.1, 0.15) is 22.7 Å². The summed E-state index contributed by atoms with van der Waals surface area (Å²) in [7, 11) is -2.45. The Kier molecular flexibility index (Phi) is 6.75. The van der Waals surface area contributed by atoms with Crippen molar-refractivity contribution < 1.29 is 30.8 Å². The van der Waals surface area contributed by atoms with E-state index in [1.807, 2.05) is 0 Å². The van der Waals surface area contributed by atoms with E-state index in [1.165, 1.54) is 18.2 Å². The quantitative estimate of drug-likeness (QED) is 0.574. The van der Waals surface area contributed by atoms with Crippen LogP contribution < -0.4 is 5.32 Å². The average Bonchev–Trinajstić information content (AvgIpc) is 3.12. The van der Waals surface area contributed by atoms with Crippen LogP contribution in [0.25, 0.3) is 0 Å². The van der Waals surface area contributed by atoms with Crippen LogP contribution in [-0.2, 0) is 27.7 Å². The summed E-state index contributed by atoms with van der Waals surface area (Å²) in [5.41, 5.74) is 1.09. The Bertz CT molecular complexity index is 1230. The minimum absolute atomic E-state index is 0.0367. The van der Waals surface area contributed by atoms with Crippen molar-refractivity contribution >= 4 is 33.3 Å². The molecule has 1 unspecified atom stereocenters. The highest BCUT2D eigenvalue weighted by Crippen LogP contribution is 2.38. The van der Waals surface area contributed by atoms with Crippen LogP contribution in [0.5, 0.6) is 0 Å². The van der Waals surface area contributed by atoms with Gasteiger partial charge in [-0.2, -0.15) is 13.2 Å². The van der Waals surface area contributed by atoms with Gasteiger partial charge in [0.25, 0.3) is 0 Å². The minimum atomic E-state index is -4.77. The molecular weight excluding hydrogens is 512 g/mol. The van der Waals surface area contributed by atoms with Crippen LogP contribution in [0.2, 0.25) is 5.02 Å². The predicted octanol–water partition coefficient (Wildman–Crippen LogP) is 3.41. The number of anilines is 1. The Morgan fingerprint density at radius 2 is 1.91 bits per heavy atom. The zero-order chi connectivity index (χ0) is 25.7. The molecule has 1 aliphatic carbocycles. The third-order valence-corrected chi connectivity index (χ3v) is 7.90. The molecule has 2 aromatic rings. The van der Waals surface area contributed by atoms with Crippen molar-refractivity contribution in [2.24, 2.45) is 5.92 Å². The smallest absolute Gasteiger partial charge is 0.367 e. The molecule has 0 bridgehead atoms. The van der Waals surface area contributed by atoms with Gasteiger partial charge in [-0.25, -0.2) is 22.1 Å². The molecular formula is C22H23ClF4N4O3S. The van der Waals surface area contributed by atoms with Crippen molar-refractivity contribution in [3.05, 3.63) is 58.0 Å². The van der Waals surface area contributed by atoms with Crippen LogP contribution in [-0.4, -0.2) is 67.1 Å². The monoisotopic (exact) mass is 534 g/mol. The molecule has 35 heavy (non-hydrogen) atoms. The number of amides is 1. The highest BCUT2D eigenvalue weighted by atomic mass is 35.5. The van der Waals surface area contributed by atoms with Gasteiger partial charge < -0.3 is 10.2 Å². The summed E-state index contributed by atoms with van der Waals surface area (Å²) in [5, 5.41) is 3.14.